The Morgan fingerprint density at radius 2 is 2.05 bits per heavy atom. The molecule has 1 aliphatic heterocycles. The number of nitrogens with zero attached hydrogens (tertiary/aromatic N) is 2. The molecule has 1 saturated heterocycles. The van der Waals surface area contributed by atoms with E-state index < -0.39 is 0 Å². The van der Waals surface area contributed by atoms with Crippen molar-refractivity contribution in [1.29, 1.82) is 0 Å². The molecule has 0 spiro atoms. The Kier molecular flexibility index (Phi) is 5.58. The van der Waals surface area contributed by atoms with Gasteiger partial charge in [-0.1, -0.05) is 31.2 Å². The quantitative estimate of drug-likeness (QED) is 0.895. The molecule has 2 atom stereocenters. The predicted molar refractivity (Wildman–Crippen MR) is 85.9 cm³/mol. The Hall–Kier alpha value is -0.900. The fraction of sp³-hybridized carbons (Fsp3) is 0.647. The number of benzene rings is 1. The first-order chi connectivity index (χ1) is 9.61. The zero-order chi connectivity index (χ0) is 14.5. The van der Waals surface area contributed by atoms with Crippen molar-refractivity contribution in [2.75, 3.05) is 32.7 Å². The normalized spacial score (nSPS) is 22.9. The number of nitrogens with two attached hydrogens (primary N) is 1. The zero-order valence-corrected chi connectivity index (χ0v) is 13.2. The van der Waals surface area contributed by atoms with Gasteiger partial charge in [-0.15, -0.1) is 0 Å². The van der Waals surface area contributed by atoms with E-state index in [0.29, 0.717) is 6.04 Å². The summed E-state index contributed by atoms with van der Waals surface area (Å²) in [6, 6.07) is 9.32. The summed E-state index contributed by atoms with van der Waals surface area (Å²) in [7, 11) is 0. The molecule has 3 heteroatoms. The van der Waals surface area contributed by atoms with Crippen LogP contribution in [0.5, 0.6) is 0 Å². The molecule has 1 aromatic rings. The highest BCUT2D eigenvalue weighted by Gasteiger charge is 2.22. The minimum Gasteiger partial charge on any atom is -0.324 e. The van der Waals surface area contributed by atoms with Crippen molar-refractivity contribution in [3.63, 3.8) is 0 Å². The van der Waals surface area contributed by atoms with E-state index in [1.807, 2.05) is 0 Å². The SMILES string of the molecule is CCN1CCN(CCC(N)c2ccccc2C)CC1C. The zero-order valence-electron chi connectivity index (χ0n) is 13.2. The van der Waals surface area contributed by atoms with Crippen molar-refractivity contribution in [3.05, 3.63) is 35.4 Å². The van der Waals surface area contributed by atoms with Gasteiger partial charge < -0.3 is 10.6 Å². The van der Waals surface area contributed by atoms with Gasteiger partial charge in [-0.25, -0.2) is 0 Å². The lowest BCUT2D eigenvalue weighted by Crippen LogP contribution is -2.51. The Balaban J connectivity index is 1.82. The van der Waals surface area contributed by atoms with E-state index in [4.69, 9.17) is 5.73 Å². The molecule has 0 aliphatic carbocycles. The molecular weight excluding hydrogens is 246 g/mol. The van der Waals surface area contributed by atoms with Gasteiger partial charge in [0.2, 0.25) is 0 Å². The highest BCUT2D eigenvalue weighted by atomic mass is 15.3. The molecule has 0 radical (unpaired) electrons. The molecule has 1 heterocycles. The second-order valence-electron chi connectivity index (χ2n) is 6.03. The Labute approximate surface area is 123 Å². The second-order valence-corrected chi connectivity index (χ2v) is 6.03. The van der Waals surface area contributed by atoms with Gasteiger partial charge >= 0.3 is 0 Å². The van der Waals surface area contributed by atoms with Crippen LogP contribution in [0.25, 0.3) is 0 Å². The van der Waals surface area contributed by atoms with Gasteiger partial charge in [0.25, 0.3) is 0 Å². The van der Waals surface area contributed by atoms with Gasteiger partial charge in [-0.3, -0.25) is 4.90 Å². The van der Waals surface area contributed by atoms with E-state index in [2.05, 4.69) is 54.8 Å². The summed E-state index contributed by atoms with van der Waals surface area (Å²) in [6.07, 6.45) is 1.05. The fourth-order valence-corrected chi connectivity index (χ4v) is 3.22. The Morgan fingerprint density at radius 3 is 2.70 bits per heavy atom. The van der Waals surface area contributed by atoms with Gasteiger partial charge in [0.15, 0.2) is 0 Å². The molecule has 0 saturated carbocycles. The first kappa shape index (κ1) is 15.5. The third-order valence-corrected chi connectivity index (χ3v) is 4.60. The highest BCUT2D eigenvalue weighted by molar-refractivity contribution is 5.28. The third kappa shape index (κ3) is 3.81. The lowest BCUT2D eigenvalue weighted by atomic mass is 9.99. The molecule has 1 aliphatic rings. The van der Waals surface area contributed by atoms with Crippen LogP contribution in [-0.4, -0.2) is 48.6 Å². The monoisotopic (exact) mass is 275 g/mol. The van der Waals surface area contributed by atoms with Crippen LogP contribution >= 0.6 is 0 Å². The molecule has 3 nitrogen and oxygen atoms in total. The van der Waals surface area contributed by atoms with Crippen LogP contribution < -0.4 is 5.73 Å². The summed E-state index contributed by atoms with van der Waals surface area (Å²) < 4.78 is 0. The summed E-state index contributed by atoms with van der Waals surface area (Å²) in [5, 5.41) is 0. The van der Waals surface area contributed by atoms with Crippen LogP contribution in [0.15, 0.2) is 24.3 Å². The number of rotatable bonds is 5. The van der Waals surface area contributed by atoms with Gasteiger partial charge in [0.1, 0.15) is 0 Å². The molecule has 0 aromatic heterocycles. The third-order valence-electron chi connectivity index (χ3n) is 4.60. The molecule has 1 aromatic carbocycles. The first-order valence-electron chi connectivity index (χ1n) is 7.89. The lowest BCUT2D eigenvalue weighted by Gasteiger charge is -2.39. The maximum absolute atomic E-state index is 6.36. The summed E-state index contributed by atoms with van der Waals surface area (Å²) in [5.41, 5.74) is 8.97. The largest absolute Gasteiger partial charge is 0.324 e. The van der Waals surface area contributed by atoms with Crippen LogP contribution in [0.3, 0.4) is 0 Å². The number of aryl methyl sites for hydroxylation is 1. The molecule has 2 N–H and O–H groups in total. The summed E-state index contributed by atoms with van der Waals surface area (Å²) in [6.45, 7) is 12.5. The van der Waals surface area contributed by atoms with E-state index in [1.165, 1.54) is 30.8 Å². The average Bonchev–Trinajstić information content (AvgIpc) is 2.45. The lowest BCUT2D eigenvalue weighted by molar-refractivity contribution is 0.0861. The van der Waals surface area contributed by atoms with Crippen LogP contribution in [-0.2, 0) is 0 Å². The molecule has 2 unspecified atom stereocenters. The molecule has 0 bridgehead atoms. The van der Waals surface area contributed by atoms with Crippen molar-refractivity contribution in [3.8, 4) is 0 Å². The minimum absolute atomic E-state index is 0.163. The van der Waals surface area contributed by atoms with Gasteiger partial charge in [-0.2, -0.15) is 0 Å². The fourth-order valence-electron chi connectivity index (χ4n) is 3.22. The number of hydrogen-bond donors (Lipinski definition) is 1. The van der Waals surface area contributed by atoms with Crippen LogP contribution in [0.1, 0.15) is 37.4 Å². The van der Waals surface area contributed by atoms with Crippen LogP contribution in [0.2, 0.25) is 0 Å². The van der Waals surface area contributed by atoms with Gasteiger partial charge in [0, 0.05) is 38.3 Å². The Morgan fingerprint density at radius 1 is 1.30 bits per heavy atom. The Bertz CT molecular complexity index is 418. The molecule has 2 rings (SSSR count). The van der Waals surface area contributed by atoms with Crippen molar-refractivity contribution in [2.45, 2.75) is 39.3 Å². The molecule has 112 valence electrons. The molecule has 0 amide bonds. The molecular formula is C17H29N3. The molecule has 20 heavy (non-hydrogen) atoms. The summed E-state index contributed by atoms with van der Waals surface area (Å²) >= 11 is 0. The topological polar surface area (TPSA) is 32.5 Å². The van der Waals surface area contributed by atoms with Crippen LogP contribution in [0, 0.1) is 6.92 Å². The minimum atomic E-state index is 0.163. The van der Waals surface area contributed by atoms with Crippen molar-refractivity contribution in [2.24, 2.45) is 5.73 Å². The maximum Gasteiger partial charge on any atom is 0.0309 e. The average molecular weight is 275 g/mol. The van der Waals surface area contributed by atoms with Crippen molar-refractivity contribution in [1.82, 2.24) is 9.80 Å². The van der Waals surface area contributed by atoms with Crippen molar-refractivity contribution >= 4 is 0 Å². The smallest absolute Gasteiger partial charge is 0.0309 e. The van der Waals surface area contributed by atoms with E-state index in [-0.39, 0.29) is 6.04 Å². The standard InChI is InChI=1S/C17H29N3/c1-4-20-12-11-19(13-15(20)3)10-9-17(18)16-8-6-5-7-14(16)2/h5-8,15,17H,4,9-13,18H2,1-3H3. The summed E-state index contributed by atoms with van der Waals surface area (Å²) in [4.78, 5) is 5.12. The van der Waals surface area contributed by atoms with Gasteiger partial charge in [0.05, 0.1) is 0 Å². The summed E-state index contributed by atoms with van der Waals surface area (Å²) in [5.74, 6) is 0. The first-order valence-corrected chi connectivity index (χ1v) is 7.89. The number of piperazine rings is 1. The maximum atomic E-state index is 6.36. The highest BCUT2D eigenvalue weighted by Crippen LogP contribution is 2.19. The van der Waals surface area contributed by atoms with Gasteiger partial charge in [-0.05, 0) is 37.9 Å². The predicted octanol–water partition coefficient (Wildman–Crippen LogP) is 2.41. The van der Waals surface area contributed by atoms with E-state index >= 15 is 0 Å². The number of likely N-dealkylation sites (N-methyl/N-ethyl adjacent to an activating group) is 1. The molecule has 1 fully saturated rings. The number of hydrogen-bond acceptors (Lipinski definition) is 3. The van der Waals surface area contributed by atoms with Crippen molar-refractivity contribution < 1.29 is 0 Å². The second kappa shape index (κ2) is 7.21. The van der Waals surface area contributed by atoms with Crippen LogP contribution in [0.4, 0.5) is 0 Å². The van der Waals surface area contributed by atoms with E-state index in [9.17, 15) is 0 Å². The van der Waals surface area contributed by atoms with E-state index in [1.54, 1.807) is 0 Å². The van der Waals surface area contributed by atoms with E-state index in [0.717, 1.165) is 19.5 Å².